The first-order chi connectivity index (χ1) is 13.3. The van der Waals surface area contributed by atoms with E-state index in [1.807, 2.05) is 37.4 Å². The van der Waals surface area contributed by atoms with Crippen LogP contribution in [0.4, 0.5) is 11.4 Å². The monoisotopic (exact) mass is 380 g/mol. The highest BCUT2D eigenvalue weighted by Crippen LogP contribution is 2.38. The van der Waals surface area contributed by atoms with Crippen LogP contribution in [-0.4, -0.2) is 29.9 Å². The van der Waals surface area contributed by atoms with Crippen molar-refractivity contribution < 1.29 is 19.2 Å². The zero-order chi connectivity index (χ0) is 20.7. The first-order valence-corrected chi connectivity index (χ1v) is 9.31. The van der Waals surface area contributed by atoms with Gasteiger partial charge in [-0.05, 0) is 52.0 Å². The third kappa shape index (κ3) is 5.00. The molecule has 1 aliphatic heterocycles. The third-order valence-electron chi connectivity index (χ3n) is 4.60. The summed E-state index contributed by atoms with van der Waals surface area (Å²) in [6, 6.07) is 16.6. The number of carbonyl (C=O) groups excluding carboxylic acids is 1. The minimum absolute atomic E-state index is 0.00233. The predicted octanol–water partition coefficient (Wildman–Crippen LogP) is 3.47. The Bertz CT molecular complexity index is 877. The van der Waals surface area contributed by atoms with Crippen LogP contribution < -0.4 is 15.2 Å². The fourth-order valence-corrected chi connectivity index (χ4v) is 3.33. The van der Waals surface area contributed by atoms with Crippen molar-refractivity contribution in [1.29, 1.82) is 0 Å². The molecule has 2 aromatic carbocycles. The molecule has 0 saturated heterocycles. The van der Waals surface area contributed by atoms with E-state index >= 15 is 0 Å². The van der Waals surface area contributed by atoms with Crippen LogP contribution in [0.25, 0.3) is 0 Å². The van der Waals surface area contributed by atoms with E-state index in [9.17, 15) is 0 Å². The van der Waals surface area contributed by atoms with Gasteiger partial charge < -0.3 is 20.0 Å². The number of ether oxygens (including phenoxy) is 1. The number of carboxylic acids is 1. The predicted molar refractivity (Wildman–Crippen MR) is 111 cm³/mol. The molecule has 0 aliphatic carbocycles. The molecule has 0 aromatic heterocycles. The molecule has 0 amide bonds. The second kappa shape index (κ2) is 9.22. The Balaban J connectivity index is 0.000000640. The van der Waals surface area contributed by atoms with Crippen LogP contribution in [0, 0.1) is 0 Å². The van der Waals surface area contributed by atoms with Crippen LogP contribution in [0.5, 0.6) is 5.75 Å². The first-order valence-electron chi connectivity index (χ1n) is 9.31. The summed E-state index contributed by atoms with van der Waals surface area (Å²) in [7, 11) is 2.13. The van der Waals surface area contributed by atoms with Gasteiger partial charge in [-0.3, -0.25) is 0 Å². The lowest BCUT2D eigenvalue weighted by Gasteiger charge is -2.15. The standard InChI is InChI=1S/C21H24N2O.C2H4O2/c1-5-24-17-12-10-16(11-13-17)22-15-14-20-21(2,3)18-8-6-7-9-19(18)23(20)4;1-2(3)4/h6-15H,5H2,1-4H3;1H3,(H,3,4). The Kier molecular flexibility index (Phi) is 6.99. The Labute approximate surface area is 167 Å². The largest absolute Gasteiger partial charge is 0.550 e. The Morgan fingerprint density at radius 2 is 1.79 bits per heavy atom. The number of rotatable bonds is 5. The molecule has 5 heteroatoms. The molecule has 0 atom stereocenters. The van der Waals surface area contributed by atoms with Crippen molar-refractivity contribution in [2.75, 3.05) is 19.0 Å². The number of hydrogen-bond donors (Lipinski definition) is 1. The van der Waals surface area contributed by atoms with Gasteiger partial charge in [-0.2, -0.15) is 4.58 Å². The summed E-state index contributed by atoms with van der Waals surface area (Å²) in [6.45, 7) is 8.19. The van der Waals surface area contributed by atoms with Gasteiger partial charge in [0.15, 0.2) is 5.71 Å². The number of carbonyl (C=O) groups is 1. The SMILES string of the molecule is CC(=O)[O-].CCOc1ccc(N/C=C/C2=[N+](C)c3ccccc3C2(C)C)cc1. The zero-order valence-corrected chi connectivity index (χ0v) is 17.2. The highest BCUT2D eigenvalue weighted by Gasteiger charge is 2.42. The number of carboxylic acid groups (broad SMARTS) is 1. The third-order valence-corrected chi connectivity index (χ3v) is 4.60. The van der Waals surface area contributed by atoms with Crippen LogP contribution in [0.15, 0.2) is 60.8 Å². The zero-order valence-electron chi connectivity index (χ0n) is 17.2. The van der Waals surface area contributed by atoms with E-state index in [0.717, 1.165) is 18.4 Å². The molecule has 0 unspecified atom stereocenters. The number of benzene rings is 2. The summed E-state index contributed by atoms with van der Waals surface area (Å²) in [6.07, 6.45) is 4.17. The Morgan fingerprint density at radius 1 is 1.18 bits per heavy atom. The van der Waals surface area contributed by atoms with Crippen molar-refractivity contribution in [2.45, 2.75) is 33.1 Å². The maximum absolute atomic E-state index is 8.89. The van der Waals surface area contributed by atoms with Gasteiger partial charge in [0, 0.05) is 35.6 Å². The molecular formula is C23H28N2O3. The smallest absolute Gasteiger partial charge is 0.209 e. The summed E-state index contributed by atoms with van der Waals surface area (Å²) in [4.78, 5) is 8.89. The molecule has 0 fully saturated rings. The summed E-state index contributed by atoms with van der Waals surface area (Å²) < 4.78 is 7.74. The van der Waals surface area contributed by atoms with E-state index < -0.39 is 5.97 Å². The fourth-order valence-electron chi connectivity index (χ4n) is 3.33. The van der Waals surface area contributed by atoms with Crippen molar-refractivity contribution in [2.24, 2.45) is 0 Å². The number of para-hydroxylation sites is 1. The number of anilines is 1. The number of fused-ring (bicyclic) bond motifs is 1. The lowest BCUT2D eigenvalue weighted by molar-refractivity contribution is -0.401. The average Bonchev–Trinajstić information content (AvgIpc) is 2.84. The molecular weight excluding hydrogens is 352 g/mol. The second-order valence-electron chi connectivity index (χ2n) is 7.01. The molecule has 148 valence electrons. The number of aliphatic carboxylic acids is 1. The Hall–Kier alpha value is -3.08. The van der Waals surface area contributed by atoms with Gasteiger partial charge in [0.05, 0.1) is 12.0 Å². The van der Waals surface area contributed by atoms with Crippen molar-refractivity contribution >= 4 is 23.1 Å². The highest BCUT2D eigenvalue weighted by atomic mass is 16.5. The van der Waals surface area contributed by atoms with E-state index in [4.69, 9.17) is 14.6 Å². The first kappa shape index (κ1) is 21.2. The lowest BCUT2D eigenvalue weighted by atomic mass is 9.81. The number of allylic oxidation sites excluding steroid dienone is 1. The van der Waals surface area contributed by atoms with E-state index in [2.05, 4.69) is 61.1 Å². The van der Waals surface area contributed by atoms with Crippen LogP contribution in [0.1, 0.15) is 33.3 Å². The van der Waals surface area contributed by atoms with Gasteiger partial charge in [0.25, 0.3) is 0 Å². The molecule has 1 aliphatic rings. The van der Waals surface area contributed by atoms with Crippen LogP contribution in [-0.2, 0) is 10.2 Å². The lowest BCUT2D eigenvalue weighted by Crippen LogP contribution is -2.26. The summed E-state index contributed by atoms with van der Waals surface area (Å²) >= 11 is 0. The maximum atomic E-state index is 8.89. The average molecular weight is 380 g/mol. The molecule has 3 rings (SSSR count). The maximum Gasteiger partial charge on any atom is 0.209 e. The van der Waals surface area contributed by atoms with Gasteiger partial charge >= 0.3 is 0 Å². The number of nitrogens with zero attached hydrogens (tertiary/aromatic N) is 1. The van der Waals surface area contributed by atoms with E-state index in [-0.39, 0.29) is 5.41 Å². The van der Waals surface area contributed by atoms with Crippen LogP contribution in [0.3, 0.4) is 0 Å². The molecule has 0 saturated carbocycles. The minimum atomic E-state index is -1.08. The molecule has 0 radical (unpaired) electrons. The van der Waals surface area contributed by atoms with Gasteiger partial charge in [-0.15, -0.1) is 0 Å². The van der Waals surface area contributed by atoms with Crippen LogP contribution in [0.2, 0.25) is 0 Å². The van der Waals surface area contributed by atoms with Crippen LogP contribution >= 0.6 is 0 Å². The van der Waals surface area contributed by atoms with Gasteiger partial charge in [-0.25, -0.2) is 0 Å². The Morgan fingerprint density at radius 3 is 2.36 bits per heavy atom. The number of hydrogen-bond acceptors (Lipinski definition) is 4. The van der Waals surface area contributed by atoms with E-state index in [0.29, 0.717) is 6.61 Å². The molecule has 5 nitrogen and oxygen atoms in total. The normalized spacial score (nSPS) is 14.3. The summed E-state index contributed by atoms with van der Waals surface area (Å²) in [5, 5.41) is 12.2. The highest BCUT2D eigenvalue weighted by molar-refractivity contribution is 6.03. The van der Waals surface area contributed by atoms with Crippen molar-refractivity contribution in [3.8, 4) is 5.75 Å². The molecule has 1 heterocycles. The van der Waals surface area contributed by atoms with Crippen molar-refractivity contribution in [3.05, 3.63) is 66.4 Å². The minimum Gasteiger partial charge on any atom is -0.550 e. The van der Waals surface area contributed by atoms with Crippen molar-refractivity contribution in [1.82, 2.24) is 0 Å². The summed E-state index contributed by atoms with van der Waals surface area (Å²) in [5.74, 6) is -0.187. The molecule has 28 heavy (non-hydrogen) atoms. The number of nitrogens with one attached hydrogen (secondary N) is 1. The topological polar surface area (TPSA) is 64.4 Å². The van der Waals surface area contributed by atoms with E-state index in [1.165, 1.54) is 17.0 Å². The fraction of sp³-hybridized carbons (Fsp3) is 0.304. The molecule has 0 bridgehead atoms. The molecule has 2 aromatic rings. The molecule has 1 N–H and O–H groups in total. The van der Waals surface area contributed by atoms with Gasteiger partial charge in [0.1, 0.15) is 12.8 Å². The van der Waals surface area contributed by atoms with E-state index in [1.54, 1.807) is 0 Å². The second-order valence-corrected chi connectivity index (χ2v) is 7.01. The summed E-state index contributed by atoms with van der Waals surface area (Å²) in [5.41, 5.74) is 4.98. The quantitative estimate of drug-likeness (QED) is 0.807. The van der Waals surface area contributed by atoms with Gasteiger partial charge in [0.2, 0.25) is 5.69 Å². The molecule has 0 spiro atoms. The van der Waals surface area contributed by atoms with Crippen molar-refractivity contribution in [3.63, 3.8) is 0 Å². The van der Waals surface area contributed by atoms with Gasteiger partial charge in [-0.1, -0.05) is 18.2 Å².